The summed E-state index contributed by atoms with van der Waals surface area (Å²) in [5.41, 5.74) is 1.95. The molecule has 0 saturated heterocycles. The van der Waals surface area contributed by atoms with Gasteiger partial charge in [0.1, 0.15) is 0 Å². The zero-order valence-corrected chi connectivity index (χ0v) is 7.81. The van der Waals surface area contributed by atoms with E-state index in [1.165, 1.54) is 0 Å². The van der Waals surface area contributed by atoms with Gasteiger partial charge in [0.2, 0.25) is 0 Å². The van der Waals surface area contributed by atoms with Gasteiger partial charge >= 0.3 is 0 Å². The van der Waals surface area contributed by atoms with Gasteiger partial charge in [0.25, 0.3) is 0 Å². The Bertz CT molecular complexity index is 372. The molecule has 0 aliphatic heterocycles. The van der Waals surface area contributed by atoms with E-state index < -0.39 is 0 Å². The first-order valence-electron chi connectivity index (χ1n) is 4.20. The summed E-state index contributed by atoms with van der Waals surface area (Å²) in [7, 11) is 4.05. The molecule has 0 spiro atoms. The quantitative estimate of drug-likeness (QED) is 0.678. The standard InChI is InChI=1S/C9H12N4/c1-12(2)7-8-6-9-10-4-3-5-13(9)11-8/h3-6H,7H2,1-2H3. The van der Waals surface area contributed by atoms with E-state index in [2.05, 4.69) is 15.0 Å². The van der Waals surface area contributed by atoms with Gasteiger partial charge in [-0.25, -0.2) is 9.50 Å². The molecular formula is C9H12N4. The predicted octanol–water partition coefficient (Wildman–Crippen LogP) is 0.791. The number of hydrogen-bond donors (Lipinski definition) is 0. The molecule has 4 nitrogen and oxygen atoms in total. The molecule has 2 aromatic heterocycles. The van der Waals surface area contributed by atoms with Crippen molar-refractivity contribution in [2.45, 2.75) is 6.54 Å². The maximum atomic E-state index is 4.37. The Morgan fingerprint density at radius 2 is 2.31 bits per heavy atom. The Balaban J connectivity index is 2.38. The summed E-state index contributed by atoms with van der Waals surface area (Å²) in [5, 5.41) is 4.37. The maximum Gasteiger partial charge on any atom is 0.155 e. The Kier molecular flexibility index (Phi) is 1.98. The molecule has 0 saturated carbocycles. The molecule has 0 radical (unpaired) electrons. The van der Waals surface area contributed by atoms with Crippen molar-refractivity contribution < 1.29 is 0 Å². The van der Waals surface area contributed by atoms with Gasteiger partial charge in [-0.15, -0.1) is 0 Å². The molecule has 0 aliphatic carbocycles. The first kappa shape index (κ1) is 8.19. The van der Waals surface area contributed by atoms with Crippen molar-refractivity contribution >= 4 is 5.65 Å². The first-order valence-corrected chi connectivity index (χ1v) is 4.20. The topological polar surface area (TPSA) is 33.4 Å². The molecule has 68 valence electrons. The lowest BCUT2D eigenvalue weighted by Crippen LogP contribution is -2.10. The van der Waals surface area contributed by atoms with Gasteiger partial charge in [0.15, 0.2) is 5.65 Å². The van der Waals surface area contributed by atoms with Gasteiger partial charge in [-0.3, -0.25) is 0 Å². The van der Waals surface area contributed by atoms with Crippen LogP contribution in [-0.2, 0) is 6.54 Å². The number of nitrogens with zero attached hydrogens (tertiary/aromatic N) is 4. The van der Waals surface area contributed by atoms with Crippen LogP contribution in [0.25, 0.3) is 5.65 Å². The molecule has 0 atom stereocenters. The smallest absolute Gasteiger partial charge is 0.155 e. The molecule has 0 aromatic carbocycles. The molecule has 2 rings (SSSR count). The summed E-state index contributed by atoms with van der Waals surface area (Å²) in [6, 6.07) is 3.87. The number of fused-ring (bicyclic) bond motifs is 1. The zero-order chi connectivity index (χ0) is 9.26. The van der Waals surface area contributed by atoms with E-state index in [4.69, 9.17) is 0 Å². The van der Waals surface area contributed by atoms with Crippen LogP contribution in [0.4, 0.5) is 0 Å². The highest BCUT2D eigenvalue weighted by Gasteiger charge is 2.01. The highest BCUT2D eigenvalue weighted by Crippen LogP contribution is 2.03. The molecule has 2 heterocycles. The SMILES string of the molecule is CN(C)Cc1cc2ncccn2n1. The summed E-state index contributed by atoms with van der Waals surface area (Å²) in [6.45, 7) is 0.851. The monoisotopic (exact) mass is 176 g/mol. The fourth-order valence-corrected chi connectivity index (χ4v) is 1.28. The van der Waals surface area contributed by atoms with Crippen LogP contribution in [0.15, 0.2) is 24.5 Å². The summed E-state index contributed by atoms with van der Waals surface area (Å²) in [6.07, 6.45) is 3.68. The van der Waals surface area contributed by atoms with Crippen LogP contribution in [0.2, 0.25) is 0 Å². The number of rotatable bonds is 2. The second kappa shape index (κ2) is 3.14. The summed E-state index contributed by atoms with van der Waals surface area (Å²) in [5.74, 6) is 0. The maximum absolute atomic E-state index is 4.37. The van der Waals surface area contributed by atoms with Crippen LogP contribution in [0.3, 0.4) is 0 Å². The Morgan fingerprint density at radius 3 is 3.00 bits per heavy atom. The molecule has 0 amide bonds. The Hall–Kier alpha value is -1.42. The van der Waals surface area contributed by atoms with E-state index in [9.17, 15) is 0 Å². The minimum atomic E-state index is 0.851. The molecule has 0 unspecified atom stereocenters. The number of aromatic nitrogens is 3. The van der Waals surface area contributed by atoms with Crippen LogP contribution in [0, 0.1) is 0 Å². The highest BCUT2D eigenvalue weighted by molar-refractivity contribution is 5.37. The zero-order valence-electron chi connectivity index (χ0n) is 7.81. The van der Waals surface area contributed by atoms with Crippen molar-refractivity contribution in [3.8, 4) is 0 Å². The molecule has 0 fully saturated rings. The molecule has 0 bridgehead atoms. The van der Waals surface area contributed by atoms with E-state index in [1.54, 1.807) is 10.7 Å². The molecule has 13 heavy (non-hydrogen) atoms. The Morgan fingerprint density at radius 1 is 1.46 bits per heavy atom. The van der Waals surface area contributed by atoms with Gasteiger partial charge < -0.3 is 4.90 Å². The van der Waals surface area contributed by atoms with Crippen molar-refractivity contribution in [3.63, 3.8) is 0 Å². The van der Waals surface area contributed by atoms with E-state index in [0.717, 1.165) is 17.9 Å². The molecule has 2 aromatic rings. The third-order valence-corrected chi connectivity index (χ3v) is 1.76. The lowest BCUT2D eigenvalue weighted by Gasteiger charge is -2.04. The van der Waals surface area contributed by atoms with Gasteiger partial charge in [-0.05, 0) is 20.2 Å². The van der Waals surface area contributed by atoms with Crippen LogP contribution in [0.1, 0.15) is 5.69 Å². The van der Waals surface area contributed by atoms with Crippen molar-refractivity contribution in [2.24, 2.45) is 0 Å². The first-order chi connectivity index (χ1) is 6.25. The van der Waals surface area contributed by atoms with Gasteiger partial charge in [0.05, 0.1) is 5.69 Å². The van der Waals surface area contributed by atoms with E-state index in [1.807, 2.05) is 32.4 Å². The predicted molar refractivity (Wildman–Crippen MR) is 50.4 cm³/mol. The highest BCUT2D eigenvalue weighted by atomic mass is 15.3. The van der Waals surface area contributed by atoms with Crippen LogP contribution >= 0.6 is 0 Å². The van der Waals surface area contributed by atoms with Crippen LogP contribution < -0.4 is 0 Å². The van der Waals surface area contributed by atoms with E-state index >= 15 is 0 Å². The third kappa shape index (κ3) is 1.67. The van der Waals surface area contributed by atoms with Crippen molar-refractivity contribution in [2.75, 3.05) is 14.1 Å². The minimum Gasteiger partial charge on any atom is -0.304 e. The minimum absolute atomic E-state index is 0.851. The summed E-state index contributed by atoms with van der Waals surface area (Å²) in [4.78, 5) is 6.28. The average molecular weight is 176 g/mol. The summed E-state index contributed by atoms with van der Waals surface area (Å²) >= 11 is 0. The lowest BCUT2D eigenvalue weighted by molar-refractivity contribution is 0.396. The molecular weight excluding hydrogens is 164 g/mol. The average Bonchev–Trinajstić information content (AvgIpc) is 2.44. The molecule has 0 aliphatic rings. The molecule has 4 heteroatoms. The van der Waals surface area contributed by atoms with Gasteiger partial charge in [-0.1, -0.05) is 0 Å². The molecule has 0 N–H and O–H groups in total. The summed E-state index contributed by atoms with van der Waals surface area (Å²) < 4.78 is 1.79. The lowest BCUT2D eigenvalue weighted by atomic mass is 10.4. The second-order valence-electron chi connectivity index (χ2n) is 3.30. The van der Waals surface area contributed by atoms with Crippen LogP contribution in [-0.4, -0.2) is 33.6 Å². The van der Waals surface area contributed by atoms with Crippen molar-refractivity contribution in [1.82, 2.24) is 19.5 Å². The normalized spacial score (nSPS) is 11.3. The van der Waals surface area contributed by atoms with Gasteiger partial charge in [-0.2, -0.15) is 5.10 Å². The fourth-order valence-electron chi connectivity index (χ4n) is 1.28. The van der Waals surface area contributed by atoms with Crippen molar-refractivity contribution in [3.05, 3.63) is 30.2 Å². The largest absolute Gasteiger partial charge is 0.304 e. The fraction of sp³-hybridized carbons (Fsp3) is 0.333. The van der Waals surface area contributed by atoms with Gasteiger partial charge in [0, 0.05) is 25.0 Å². The third-order valence-electron chi connectivity index (χ3n) is 1.76. The van der Waals surface area contributed by atoms with Crippen molar-refractivity contribution in [1.29, 1.82) is 0 Å². The number of hydrogen-bond acceptors (Lipinski definition) is 3. The Labute approximate surface area is 76.8 Å². The second-order valence-corrected chi connectivity index (χ2v) is 3.30. The van der Waals surface area contributed by atoms with Crippen LogP contribution in [0.5, 0.6) is 0 Å². The van der Waals surface area contributed by atoms with E-state index in [-0.39, 0.29) is 0 Å². The van der Waals surface area contributed by atoms with E-state index in [0.29, 0.717) is 0 Å².